The van der Waals surface area contributed by atoms with Gasteiger partial charge in [-0.1, -0.05) is 25.3 Å². The quantitative estimate of drug-likeness (QED) is 0.909. The fourth-order valence-corrected chi connectivity index (χ4v) is 3.58. The number of rotatable bonds is 2. The van der Waals surface area contributed by atoms with E-state index in [1.807, 2.05) is 6.92 Å². The van der Waals surface area contributed by atoms with Crippen molar-refractivity contribution < 1.29 is 13.6 Å². The maximum Gasteiger partial charge on any atom is 0.244 e. The Morgan fingerprint density at radius 2 is 1.95 bits per heavy atom. The summed E-state index contributed by atoms with van der Waals surface area (Å²) in [6.45, 7) is 2.46. The third-order valence-corrected chi connectivity index (χ3v) is 4.70. The zero-order chi connectivity index (χ0) is 15.0. The molecule has 0 radical (unpaired) electrons. The second kappa shape index (κ2) is 5.37. The van der Waals surface area contributed by atoms with Gasteiger partial charge >= 0.3 is 0 Å². The zero-order valence-electron chi connectivity index (χ0n) is 12.2. The lowest BCUT2D eigenvalue weighted by Crippen LogP contribution is -2.48. The van der Waals surface area contributed by atoms with E-state index in [0.29, 0.717) is 12.1 Å². The molecule has 5 heteroatoms. The van der Waals surface area contributed by atoms with E-state index in [2.05, 4.69) is 5.32 Å². The molecule has 3 rings (SSSR count). The molecule has 1 saturated heterocycles. The average molecular weight is 294 g/mol. The van der Waals surface area contributed by atoms with Crippen molar-refractivity contribution in [3.63, 3.8) is 0 Å². The molecule has 2 fully saturated rings. The molecule has 114 valence electrons. The second-order valence-electron chi connectivity index (χ2n) is 5.95. The molecule has 1 heterocycles. The summed E-state index contributed by atoms with van der Waals surface area (Å²) in [7, 11) is 0. The number of amides is 1. The Morgan fingerprint density at radius 3 is 2.57 bits per heavy atom. The van der Waals surface area contributed by atoms with Gasteiger partial charge in [-0.25, -0.2) is 8.78 Å². The van der Waals surface area contributed by atoms with E-state index in [9.17, 15) is 13.6 Å². The normalized spacial score (nSPS) is 24.8. The smallest absolute Gasteiger partial charge is 0.244 e. The van der Waals surface area contributed by atoms with Gasteiger partial charge in [-0.15, -0.1) is 0 Å². The highest BCUT2D eigenvalue weighted by molar-refractivity contribution is 5.89. The number of nitrogens with one attached hydrogen (secondary N) is 1. The van der Waals surface area contributed by atoms with E-state index < -0.39 is 17.2 Å². The Morgan fingerprint density at radius 1 is 1.24 bits per heavy atom. The van der Waals surface area contributed by atoms with Crippen LogP contribution in [0.1, 0.15) is 50.8 Å². The first kappa shape index (κ1) is 14.4. The molecule has 1 aliphatic carbocycles. The SMILES string of the molecule is CCN1C(=O)C2(CCCCC2)N[C@H]1c1ccc(F)c(F)c1. The summed E-state index contributed by atoms with van der Waals surface area (Å²) in [5, 5.41) is 3.41. The number of halogens is 2. The molecule has 0 unspecified atom stereocenters. The fraction of sp³-hybridized carbons (Fsp3) is 0.562. The third kappa shape index (κ3) is 2.33. The van der Waals surface area contributed by atoms with Crippen LogP contribution in [0.5, 0.6) is 0 Å². The first-order valence-electron chi connectivity index (χ1n) is 7.61. The van der Waals surface area contributed by atoms with Crippen LogP contribution in [0.2, 0.25) is 0 Å². The van der Waals surface area contributed by atoms with Gasteiger partial charge in [0.15, 0.2) is 11.6 Å². The molecular formula is C16H20F2N2O. The number of hydrogen-bond donors (Lipinski definition) is 1. The second-order valence-corrected chi connectivity index (χ2v) is 5.95. The maximum atomic E-state index is 13.5. The average Bonchev–Trinajstić information content (AvgIpc) is 2.76. The molecule has 21 heavy (non-hydrogen) atoms. The molecule has 1 aliphatic heterocycles. The Hall–Kier alpha value is -1.49. The van der Waals surface area contributed by atoms with Crippen LogP contribution in [0.25, 0.3) is 0 Å². The highest BCUT2D eigenvalue weighted by Crippen LogP contribution is 2.39. The van der Waals surface area contributed by atoms with Gasteiger partial charge in [-0.2, -0.15) is 0 Å². The summed E-state index contributed by atoms with van der Waals surface area (Å²) in [6, 6.07) is 3.86. The Balaban J connectivity index is 1.94. The molecule has 1 aromatic carbocycles. The topological polar surface area (TPSA) is 32.3 Å². The highest BCUT2D eigenvalue weighted by Gasteiger charge is 2.51. The predicted octanol–water partition coefficient (Wildman–Crippen LogP) is 3.12. The summed E-state index contributed by atoms with van der Waals surface area (Å²) in [5.41, 5.74) is 0.0932. The largest absolute Gasteiger partial charge is 0.322 e. The zero-order valence-corrected chi connectivity index (χ0v) is 12.2. The molecule has 1 spiro atoms. The van der Waals surface area contributed by atoms with E-state index in [1.165, 1.54) is 6.07 Å². The number of benzene rings is 1. The van der Waals surface area contributed by atoms with Crippen molar-refractivity contribution in [3.8, 4) is 0 Å². The van der Waals surface area contributed by atoms with Gasteiger partial charge in [0, 0.05) is 6.54 Å². The minimum Gasteiger partial charge on any atom is -0.322 e. The number of carbonyl (C=O) groups excluding carboxylic acids is 1. The van der Waals surface area contributed by atoms with Crippen LogP contribution in [0, 0.1) is 11.6 Å². The summed E-state index contributed by atoms with van der Waals surface area (Å²) in [5.74, 6) is -1.64. The van der Waals surface area contributed by atoms with Crippen LogP contribution in [-0.2, 0) is 4.79 Å². The molecule has 1 amide bonds. The minimum atomic E-state index is -0.873. The van der Waals surface area contributed by atoms with Crippen molar-refractivity contribution in [1.29, 1.82) is 0 Å². The lowest BCUT2D eigenvalue weighted by molar-refractivity contribution is -0.134. The summed E-state index contributed by atoms with van der Waals surface area (Å²) >= 11 is 0. The molecule has 2 aliphatic rings. The lowest BCUT2D eigenvalue weighted by Gasteiger charge is -2.31. The molecule has 0 bridgehead atoms. The van der Waals surface area contributed by atoms with Crippen molar-refractivity contribution in [2.24, 2.45) is 0 Å². The highest BCUT2D eigenvalue weighted by atomic mass is 19.2. The van der Waals surface area contributed by atoms with E-state index >= 15 is 0 Å². The minimum absolute atomic E-state index is 0.0967. The standard InChI is InChI=1S/C16H20F2N2O/c1-2-20-14(11-6-7-12(17)13(18)10-11)19-16(15(20)21)8-4-3-5-9-16/h6-7,10,14,19H,2-5,8-9H2,1H3/t14-/m1/s1. The summed E-state index contributed by atoms with van der Waals surface area (Å²) in [4.78, 5) is 14.5. The molecule has 1 N–H and O–H groups in total. The van der Waals surface area contributed by atoms with E-state index in [1.54, 1.807) is 11.0 Å². The van der Waals surface area contributed by atoms with Crippen molar-refractivity contribution in [3.05, 3.63) is 35.4 Å². The molecular weight excluding hydrogens is 274 g/mol. The van der Waals surface area contributed by atoms with Crippen molar-refractivity contribution >= 4 is 5.91 Å². The number of carbonyl (C=O) groups is 1. The van der Waals surface area contributed by atoms with Gasteiger partial charge in [0.25, 0.3) is 0 Å². The van der Waals surface area contributed by atoms with Gasteiger partial charge in [-0.3, -0.25) is 10.1 Å². The van der Waals surface area contributed by atoms with Crippen LogP contribution in [0.4, 0.5) is 8.78 Å². The van der Waals surface area contributed by atoms with Crippen molar-refractivity contribution in [2.75, 3.05) is 6.54 Å². The number of likely N-dealkylation sites (N-methyl/N-ethyl adjacent to an activating group) is 1. The summed E-state index contributed by atoms with van der Waals surface area (Å²) in [6.07, 6.45) is 4.49. The molecule has 1 atom stereocenters. The van der Waals surface area contributed by atoms with Gasteiger partial charge in [0.2, 0.25) is 5.91 Å². The number of hydrogen-bond acceptors (Lipinski definition) is 2. The van der Waals surface area contributed by atoms with Crippen LogP contribution in [0.3, 0.4) is 0 Å². The summed E-state index contributed by atoms with van der Waals surface area (Å²) < 4.78 is 26.6. The molecule has 1 aromatic rings. The van der Waals surface area contributed by atoms with Crippen molar-refractivity contribution in [2.45, 2.75) is 50.7 Å². The Kier molecular flexibility index (Phi) is 3.69. The third-order valence-electron chi connectivity index (χ3n) is 4.70. The van der Waals surface area contributed by atoms with Gasteiger partial charge in [0.05, 0.1) is 5.54 Å². The van der Waals surface area contributed by atoms with Crippen LogP contribution in [0.15, 0.2) is 18.2 Å². The first-order chi connectivity index (χ1) is 10.1. The Bertz CT molecular complexity index is 555. The van der Waals surface area contributed by atoms with Gasteiger partial charge in [0.1, 0.15) is 6.17 Å². The van der Waals surface area contributed by atoms with Gasteiger partial charge in [-0.05, 0) is 37.5 Å². The lowest BCUT2D eigenvalue weighted by atomic mass is 9.81. The van der Waals surface area contributed by atoms with Crippen molar-refractivity contribution in [1.82, 2.24) is 10.2 Å². The molecule has 3 nitrogen and oxygen atoms in total. The number of nitrogens with zero attached hydrogens (tertiary/aromatic N) is 1. The Labute approximate surface area is 123 Å². The molecule has 1 saturated carbocycles. The van der Waals surface area contributed by atoms with Crippen LogP contribution < -0.4 is 5.32 Å². The van der Waals surface area contributed by atoms with E-state index in [4.69, 9.17) is 0 Å². The maximum absolute atomic E-state index is 13.5. The van der Waals surface area contributed by atoms with E-state index in [0.717, 1.165) is 38.2 Å². The van der Waals surface area contributed by atoms with Crippen LogP contribution >= 0.6 is 0 Å². The fourth-order valence-electron chi connectivity index (χ4n) is 3.58. The van der Waals surface area contributed by atoms with Crippen LogP contribution in [-0.4, -0.2) is 22.9 Å². The van der Waals surface area contributed by atoms with Gasteiger partial charge < -0.3 is 4.90 Å². The van der Waals surface area contributed by atoms with E-state index in [-0.39, 0.29) is 12.1 Å². The monoisotopic (exact) mass is 294 g/mol. The predicted molar refractivity (Wildman–Crippen MR) is 75.4 cm³/mol. The first-order valence-corrected chi connectivity index (χ1v) is 7.61. The molecule has 0 aromatic heterocycles.